The lowest BCUT2D eigenvalue weighted by molar-refractivity contribution is 0.686. The van der Waals surface area contributed by atoms with Crippen molar-refractivity contribution in [1.82, 2.24) is 9.55 Å². The molecule has 1 N–H and O–H groups in total. The minimum absolute atomic E-state index is 0.128. The minimum Gasteiger partial charge on any atom is -0.297 e. The van der Waals surface area contributed by atoms with E-state index in [1.165, 1.54) is 0 Å². The number of halogens is 2. The summed E-state index contributed by atoms with van der Waals surface area (Å²) in [5, 5.41) is 0.128. The molecule has 0 radical (unpaired) electrons. The molecule has 19 heavy (non-hydrogen) atoms. The summed E-state index contributed by atoms with van der Waals surface area (Å²) in [5.41, 5.74) is 0.464. The van der Waals surface area contributed by atoms with Gasteiger partial charge in [-0.05, 0) is 24.1 Å². The van der Waals surface area contributed by atoms with Crippen LogP contribution in [-0.2, 0) is 13.0 Å². The van der Waals surface area contributed by atoms with E-state index < -0.39 is 5.69 Å². The molecule has 0 aliphatic heterocycles. The molecule has 0 unspecified atom stereocenters. The molecule has 0 saturated heterocycles. The van der Waals surface area contributed by atoms with Crippen LogP contribution in [0.1, 0.15) is 18.1 Å². The van der Waals surface area contributed by atoms with E-state index in [9.17, 15) is 9.59 Å². The third-order valence-corrected chi connectivity index (χ3v) is 3.63. The molecule has 0 aliphatic rings. The van der Waals surface area contributed by atoms with E-state index in [1.54, 1.807) is 0 Å². The quantitative estimate of drug-likeness (QED) is 0.871. The Bertz CT molecular complexity index is 721. The molecule has 0 amide bonds. The van der Waals surface area contributed by atoms with E-state index in [0.29, 0.717) is 12.0 Å². The van der Waals surface area contributed by atoms with Gasteiger partial charge in [-0.2, -0.15) is 0 Å². The molecule has 1 heterocycles. The maximum atomic E-state index is 12.2. The maximum absolute atomic E-state index is 12.2. The van der Waals surface area contributed by atoms with Gasteiger partial charge in [0.1, 0.15) is 5.15 Å². The highest BCUT2D eigenvalue weighted by Crippen LogP contribution is 2.12. The molecule has 0 saturated carbocycles. The fourth-order valence-electron chi connectivity index (χ4n) is 1.85. The lowest BCUT2D eigenvalue weighted by atomic mass is 10.2. The number of hydrogen-bond acceptors (Lipinski definition) is 2. The van der Waals surface area contributed by atoms with E-state index in [-0.39, 0.29) is 17.3 Å². The number of nitrogens with zero attached hydrogens (tertiary/aromatic N) is 1. The zero-order valence-electron chi connectivity index (χ0n) is 10.2. The Hall–Kier alpha value is -1.33. The van der Waals surface area contributed by atoms with Gasteiger partial charge < -0.3 is 0 Å². The van der Waals surface area contributed by atoms with Gasteiger partial charge in [0.25, 0.3) is 5.56 Å². The monoisotopic (exact) mass is 342 g/mol. The van der Waals surface area contributed by atoms with E-state index in [2.05, 4.69) is 20.9 Å². The Morgan fingerprint density at radius 1 is 1.37 bits per heavy atom. The highest BCUT2D eigenvalue weighted by atomic mass is 79.9. The van der Waals surface area contributed by atoms with Gasteiger partial charge in [0.2, 0.25) is 0 Å². The number of aromatic nitrogens is 2. The van der Waals surface area contributed by atoms with Gasteiger partial charge in [-0.1, -0.05) is 46.6 Å². The average molecular weight is 344 g/mol. The summed E-state index contributed by atoms with van der Waals surface area (Å²) >= 11 is 9.22. The van der Waals surface area contributed by atoms with Gasteiger partial charge in [0.05, 0.1) is 12.1 Å². The van der Waals surface area contributed by atoms with Crippen LogP contribution in [0.5, 0.6) is 0 Å². The molecule has 0 spiro atoms. The molecule has 0 atom stereocenters. The van der Waals surface area contributed by atoms with Gasteiger partial charge in [-0.15, -0.1) is 0 Å². The topological polar surface area (TPSA) is 54.9 Å². The molecular formula is C13H12BrClN2O2. The fraction of sp³-hybridized carbons (Fsp3) is 0.231. The summed E-state index contributed by atoms with van der Waals surface area (Å²) in [4.78, 5) is 26.5. The highest BCUT2D eigenvalue weighted by Gasteiger charge is 2.11. The van der Waals surface area contributed by atoms with Crippen LogP contribution in [0.3, 0.4) is 0 Å². The number of rotatable bonds is 3. The van der Waals surface area contributed by atoms with Crippen molar-refractivity contribution in [2.45, 2.75) is 19.9 Å². The molecule has 0 fully saturated rings. The van der Waals surface area contributed by atoms with Crippen LogP contribution in [0.25, 0.3) is 0 Å². The van der Waals surface area contributed by atoms with Crippen LogP contribution in [0, 0.1) is 0 Å². The first-order chi connectivity index (χ1) is 9.02. The second-order valence-electron chi connectivity index (χ2n) is 4.10. The van der Waals surface area contributed by atoms with Crippen LogP contribution < -0.4 is 11.2 Å². The van der Waals surface area contributed by atoms with E-state index in [4.69, 9.17) is 11.6 Å². The van der Waals surface area contributed by atoms with Crippen molar-refractivity contribution < 1.29 is 0 Å². The van der Waals surface area contributed by atoms with Crippen molar-refractivity contribution >= 4 is 27.5 Å². The highest BCUT2D eigenvalue weighted by molar-refractivity contribution is 9.10. The predicted molar refractivity (Wildman–Crippen MR) is 79.0 cm³/mol. The predicted octanol–water partition coefficient (Wildman–Crippen LogP) is 2.56. The van der Waals surface area contributed by atoms with E-state index >= 15 is 0 Å². The van der Waals surface area contributed by atoms with Gasteiger partial charge in [0, 0.05) is 4.47 Å². The van der Waals surface area contributed by atoms with Crippen molar-refractivity contribution in [3.05, 3.63) is 65.9 Å². The Morgan fingerprint density at radius 2 is 2.11 bits per heavy atom. The molecule has 0 bridgehead atoms. The number of hydrogen-bond donors (Lipinski definition) is 1. The molecular weight excluding hydrogens is 332 g/mol. The zero-order chi connectivity index (χ0) is 14.0. The minimum atomic E-state index is -0.493. The van der Waals surface area contributed by atoms with Gasteiger partial charge in [-0.25, -0.2) is 4.79 Å². The first-order valence-corrected chi connectivity index (χ1v) is 6.96. The molecule has 1 aromatic carbocycles. The van der Waals surface area contributed by atoms with Crippen molar-refractivity contribution in [2.75, 3.05) is 0 Å². The fourth-order valence-corrected chi connectivity index (χ4v) is 2.60. The number of aromatic amines is 1. The van der Waals surface area contributed by atoms with Gasteiger partial charge in [0.15, 0.2) is 0 Å². The maximum Gasteiger partial charge on any atom is 0.329 e. The lowest BCUT2D eigenvalue weighted by Gasteiger charge is -2.08. The summed E-state index contributed by atoms with van der Waals surface area (Å²) in [6.45, 7) is 2.04. The molecule has 4 nitrogen and oxygen atoms in total. The second-order valence-corrected chi connectivity index (χ2v) is 5.39. The smallest absolute Gasteiger partial charge is 0.297 e. The average Bonchev–Trinajstić information content (AvgIpc) is 2.35. The molecule has 1 aromatic heterocycles. The summed E-state index contributed by atoms with van der Waals surface area (Å²) < 4.78 is 2.06. The Morgan fingerprint density at radius 3 is 2.74 bits per heavy atom. The van der Waals surface area contributed by atoms with Crippen LogP contribution in [0.2, 0.25) is 5.15 Å². The summed E-state index contributed by atoms with van der Waals surface area (Å²) in [6.07, 6.45) is 0.479. The van der Waals surface area contributed by atoms with Crippen LogP contribution >= 0.6 is 27.5 Å². The first-order valence-electron chi connectivity index (χ1n) is 5.79. The third kappa shape index (κ3) is 2.98. The van der Waals surface area contributed by atoms with Gasteiger partial charge >= 0.3 is 5.69 Å². The Balaban J connectivity index is 2.52. The van der Waals surface area contributed by atoms with Crippen LogP contribution in [0.4, 0.5) is 0 Å². The van der Waals surface area contributed by atoms with Crippen LogP contribution in [-0.4, -0.2) is 9.55 Å². The lowest BCUT2D eigenvalue weighted by Crippen LogP contribution is -2.37. The SMILES string of the molecule is CCc1c(Cl)[nH]c(=O)n(Cc2cccc(Br)c2)c1=O. The second kappa shape index (κ2) is 5.75. The molecule has 0 aliphatic carbocycles. The first kappa shape index (κ1) is 14.1. The summed E-state index contributed by atoms with van der Waals surface area (Å²) in [5.74, 6) is 0. The molecule has 2 aromatic rings. The van der Waals surface area contributed by atoms with Crippen molar-refractivity contribution in [3.63, 3.8) is 0 Å². The normalized spacial score (nSPS) is 10.7. The summed E-state index contributed by atoms with van der Waals surface area (Å²) in [6, 6.07) is 7.47. The molecule has 2 rings (SSSR count). The van der Waals surface area contributed by atoms with Crippen molar-refractivity contribution in [2.24, 2.45) is 0 Å². The third-order valence-electron chi connectivity index (χ3n) is 2.81. The zero-order valence-corrected chi connectivity index (χ0v) is 12.6. The standard InChI is InChI=1S/C13H12BrClN2O2/c1-2-10-11(15)16-13(19)17(12(10)18)7-8-4-3-5-9(14)6-8/h3-6H,2,7H2,1H3,(H,16,19). The number of nitrogens with one attached hydrogen (secondary N) is 1. The number of benzene rings is 1. The van der Waals surface area contributed by atoms with Gasteiger partial charge in [-0.3, -0.25) is 14.3 Å². The van der Waals surface area contributed by atoms with E-state index in [0.717, 1.165) is 14.6 Å². The van der Waals surface area contributed by atoms with Crippen molar-refractivity contribution in [3.8, 4) is 0 Å². The van der Waals surface area contributed by atoms with Crippen molar-refractivity contribution in [1.29, 1.82) is 0 Å². The Kier molecular flexibility index (Phi) is 4.27. The summed E-state index contributed by atoms with van der Waals surface area (Å²) in [7, 11) is 0. The number of H-pyrrole nitrogens is 1. The Labute approximate surface area is 123 Å². The molecule has 6 heteroatoms. The molecule has 100 valence electrons. The van der Waals surface area contributed by atoms with Crippen LogP contribution in [0.15, 0.2) is 38.3 Å². The largest absolute Gasteiger partial charge is 0.329 e. The van der Waals surface area contributed by atoms with E-state index in [1.807, 2.05) is 31.2 Å².